The molecule has 0 aliphatic heterocycles. The molecule has 4 nitrogen and oxygen atoms in total. The van der Waals surface area contributed by atoms with Gasteiger partial charge in [-0.25, -0.2) is 4.18 Å². The summed E-state index contributed by atoms with van der Waals surface area (Å²) in [5.74, 6) is 0. The van der Waals surface area contributed by atoms with Crippen molar-refractivity contribution in [1.29, 1.82) is 0 Å². The zero-order chi connectivity index (χ0) is 9.28. The lowest BCUT2D eigenvalue weighted by Crippen LogP contribution is -2.28. The molecule has 0 fully saturated rings. The van der Waals surface area contributed by atoms with E-state index in [9.17, 15) is 8.42 Å². The molecule has 0 bridgehead atoms. The maximum Gasteiger partial charge on any atom is 0.397 e. The highest BCUT2D eigenvalue weighted by molar-refractivity contribution is 7.80. The molecule has 5 heteroatoms. The molecule has 0 aliphatic carbocycles. The van der Waals surface area contributed by atoms with Gasteiger partial charge < -0.3 is 0 Å². The van der Waals surface area contributed by atoms with Crippen LogP contribution >= 0.6 is 0 Å². The quantitative estimate of drug-likeness (QED) is 0.652. The minimum absolute atomic E-state index is 0.296. The van der Waals surface area contributed by atoms with Crippen LogP contribution < -0.4 is 0 Å². The van der Waals surface area contributed by atoms with Crippen molar-refractivity contribution in [2.45, 2.75) is 33.8 Å². The Balaban J connectivity index is 4.21. The Morgan fingerprint density at radius 2 is 1.73 bits per heavy atom. The monoisotopic (exact) mass is 182 g/mol. The lowest BCUT2D eigenvalue weighted by Gasteiger charge is -2.24. The van der Waals surface area contributed by atoms with Gasteiger partial charge in [0.2, 0.25) is 0 Å². The van der Waals surface area contributed by atoms with Crippen molar-refractivity contribution in [2.75, 3.05) is 0 Å². The molecule has 68 valence electrons. The van der Waals surface area contributed by atoms with Crippen LogP contribution in [0.2, 0.25) is 0 Å². The third kappa shape index (κ3) is 5.17. The molecule has 0 aromatic heterocycles. The summed E-state index contributed by atoms with van der Waals surface area (Å²) in [4.78, 5) is 0. The van der Waals surface area contributed by atoms with Crippen molar-refractivity contribution in [2.24, 2.45) is 5.41 Å². The van der Waals surface area contributed by atoms with Gasteiger partial charge in [0.15, 0.2) is 0 Å². The van der Waals surface area contributed by atoms with Gasteiger partial charge in [0.1, 0.15) is 0 Å². The van der Waals surface area contributed by atoms with E-state index in [0.717, 1.165) is 0 Å². The van der Waals surface area contributed by atoms with Gasteiger partial charge in [0.05, 0.1) is 6.10 Å². The predicted molar refractivity (Wildman–Crippen MR) is 41.6 cm³/mol. The van der Waals surface area contributed by atoms with Gasteiger partial charge in [0.25, 0.3) is 0 Å². The van der Waals surface area contributed by atoms with E-state index < -0.39 is 16.5 Å². The van der Waals surface area contributed by atoms with Gasteiger partial charge in [0, 0.05) is 0 Å². The fourth-order valence-corrected chi connectivity index (χ4v) is 0.980. The van der Waals surface area contributed by atoms with E-state index >= 15 is 0 Å². The highest BCUT2D eigenvalue weighted by Gasteiger charge is 2.25. The molecule has 0 saturated carbocycles. The smallest absolute Gasteiger partial charge is 0.264 e. The van der Waals surface area contributed by atoms with Crippen LogP contribution in [0.1, 0.15) is 27.7 Å². The van der Waals surface area contributed by atoms with Crippen LogP contribution in [-0.4, -0.2) is 19.1 Å². The summed E-state index contributed by atoms with van der Waals surface area (Å²) < 4.78 is 33.1. The lowest BCUT2D eigenvalue weighted by atomic mass is 9.91. The van der Waals surface area contributed by atoms with Gasteiger partial charge in [-0.3, -0.25) is 4.55 Å². The first-order valence-corrected chi connectivity index (χ1v) is 4.65. The van der Waals surface area contributed by atoms with E-state index in [2.05, 4.69) is 4.18 Å². The summed E-state index contributed by atoms with van der Waals surface area (Å²) >= 11 is 0. The molecule has 0 unspecified atom stereocenters. The Hall–Kier alpha value is -0.130. The van der Waals surface area contributed by atoms with E-state index in [4.69, 9.17) is 4.55 Å². The molecule has 0 aromatic rings. The fourth-order valence-electron chi connectivity index (χ4n) is 0.327. The first kappa shape index (κ1) is 10.9. The Labute approximate surface area is 67.5 Å². The fraction of sp³-hybridized carbons (Fsp3) is 1.00. The Bertz CT molecular complexity index is 211. The van der Waals surface area contributed by atoms with E-state index in [1.807, 2.05) is 20.8 Å². The van der Waals surface area contributed by atoms with Crippen molar-refractivity contribution in [3.05, 3.63) is 0 Å². The predicted octanol–water partition coefficient (Wildman–Crippen LogP) is 1.24. The summed E-state index contributed by atoms with van der Waals surface area (Å²) in [6.07, 6.45) is -0.530. The van der Waals surface area contributed by atoms with Gasteiger partial charge in [-0.2, -0.15) is 8.42 Å². The van der Waals surface area contributed by atoms with Gasteiger partial charge >= 0.3 is 10.4 Å². The van der Waals surface area contributed by atoms with Crippen LogP contribution in [-0.2, 0) is 14.6 Å². The first-order chi connectivity index (χ1) is 4.63. The lowest BCUT2D eigenvalue weighted by molar-refractivity contribution is 0.0955. The van der Waals surface area contributed by atoms with Crippen LogP contribution in [0, 0.1) is 5.41 Å². The van der Waals surface area contributed by atoms with E-state index in [-0.39, 0.29) is 5.41 Å². The molecular weight excluding hydrogens is 168 g/mol. The Morgan fingerprint density at radius 3 is 1.82 bits per heavy atom. The van der Waals surface area contributed by atoms with Gasteiger partial charge in [-0.1, -0.05) is 20.8 Å². The van der Waals surface area contributed by atoms with Crippen molar-refractivity contribution in [3.63, 3.8) is 0 Å². The van der Waals surface area contributed by atoms with Crippen molar-refractivity contribution < 1.29 is 17.2 Å². The molecule has 0 radical (unpaired) electrons. The largest absolute Gasteiger partial charge is 0.397 e. The van der Waals surface area contributed by atoms with Crippen molar-refractivity contribution >= 4 is 10.4 Å². The number of hydrogen-bond donors (Lipinski definition) is 1. The Morgan fingerprint density at radius 1 is 1.36 bits per heavy atom. The highest BCUT2D eigenvalue weighted by Crippen LogP contribution is 2.22. The van der Waals surface area contributed by atoms with E-state index in [0.29, 0.717) is 0 Å². The molecule has 1 N–H and O–H groups in total. The zero-order valence-corrected chi connectivity index (χ0v) is 7.97. The van der Waals surface area contributed by atoms with Gasteiger partial charge in [-0.05, 0) is 12.3 Å². The van der Waals surface area contributed by atoms with Crippen LogP contribution in [0.15, 0.2) is 0 Å². The summed E-state index contributed by atoms with van der Waals surface area (Å²) in [5, 5.41) is 0. The molecule has 0 amide bonds. The first-order valence-electron chi connectivity index (χ1n) is 3.28. The topological polar surface area (TPSA) is 63.6 Å². The third-order valence-electron chi connectivity index (χ3n) is 1.49. The highest BCUT2D eigenvalue weighted by atomic mass is 32.3. The maximum atomic E-state index is 10.2. The minimum atomic E-state index is -4.31. The molecule has 0 saturated heterocycles. The summed E-state index contributed by atoms with van der Waals surface area (Å²) in [5.41, 5.74) is -0.296. The van der Waals surface area contributed by atoms with Crippen LogP contribution in [0.4, 0.5) is 0 Å². The molecule has 11 heavy (non-hydrogen) atoms. The third-order valence-corrected chi connectivity index (χ3v) is 2.02. The van der Waals surface area contributed by atoms with Crippen LogP contribution in [0.25, 0.3) is 0 Å². The maximum absolute atomic E-state index is 10.2. The molecule has 0 spiro atoms. The molecular formula is C6H14O4S. The van der Waals surface area contributed by atoms with Gasteiger partial charge in [-0.15, -0.1) is 0 Å². The molecule has 0 heterocycles. The van der Waals surface area contributed by atoms with E-state index in [1.54, 1.807) is 6.92 Å². The normalized spacial score (nSPS) is 16.5. The second-order valence-corrected chi connectivity index (χ2v) is 4.58. The second kappa shape index (κ2) is 3.08. The van der Waals surface area contributed by atoms with E-state index in [1.165, 1.54) is 0 Å². The van der Waals surface area contributed by atoms with Crippen LogP contribution in [0.5, 0.6) is 0 Å². The number of hydrogen-bond acceptors (Lipinski definition) is 3. The number of rotatable bonds is 2. The Kier molecular flexibility index (Phi) is 3.05. The summed E-state index contributed by atoms with van der Waals surface area (Å²) in [6, 6.07) is 0. The second-order valence-electron chi connectivity index (χ2n) is 3.53. The average Bonchev–Trinajstić information content (AvgIpc) is 1.56. The average molecular weight is 182 g/mol. The zero-order valence-electron chi connectivity index (χ0n) is 7.16. The minimum Gasteiger partial charge on any atom is -0.264 e. The molecule has 0 aromatic carbocycles. The standard InChI is InChI=1S/C6H14O4S/c1-5(6(2,3)4)10-11(7,8)9/h5H,1-4H3,(H,7,8,9)/t5-/m1/s1. The molecule has 0 aliphatic rings. The molecule has 1 atom stereocenters. The summed E-state index contributed by atoms with van der Waals surface area (Å²) in [6.45, 7) is 7.06. The van der Waals surface area contributed by atoms with Crippen LogP contribution in [0.3, 0.4) is 0 Å². The SMILES string of the molecule is C[C@@H](OS(=O)(=O)O)C(C)(C)C. The molecule has 0 rings (SSSR count). The van der Waals surface area contributed by atoms with Crippen molar-refractivity contribution in [3.8, 4) is 0 Å². The van der Waals surface area contributed by atoms with Crippen molar-refractivity contribution in [1.82, 2.24) is 0 Å². The summed E-state index contributed by atoms with van der Waals surface area (Å²) in [7, 11) is -4.31.